The molecule has 10 nitrogen and oxygen atoms in total. The average molecular weight is 611 g/mol. The molecule has 3 rings (SSSR count). The lowest BCUT2D eigenvalue weighted by Crippen LogP contribution is -2.54. The van der Waals surface area contributed by atoms with Gasteiger partial charge in [0.15, 0.2) is 0 Å². The van der Waals surface area contributed by atoms with Crippen molar-refractivity contribution in [3.05, 3.63) is 59.7 Å². The fraction of sp³-hybridized carbons (Fsp3) is 0.517. The number of hydrogen-bond acceptors (Lipinski definition) is 7. The van der Waals surface area contributed by atoms with E-state index in [1.165, 1.54) is 36.2 Å². The Labute approximate surface area is 249 Å². The number of aryl methyl sites for hydroxylation is 1. The third-order valence-corrected chi connectivity index (χ3v) is 8.96. The fourth-order valence-corrected chi connectivity index (χ4v) is 6.47. The van der Waals surface area contributed by atoms with Crippen LogP contribution in [0, 0.1) is 5.92 Å². The van der Waals surface area contributed by atoms with E-state index in [1.807, 2.05) is 12.1 Å². The number of hydrogen-bond donors (Lipinski definition) is 3. The first-order valence-corrected chi connectivity index (χ1v) is 15.4. The Kier molecular flexibility index (Phi) is 14.2. The third kappa shape index (κ3) is 9.76. The van der Waals surface area contributed by atoms with E-state index in [0.717, 1.165) is 23.6 Å². The Balaban J connectivity index is 0.00000588. The Hall–Kier alpha value is -2.54. The Bertz CT molecular complexity index is 1200. The van der Waals surface area contributed by atoms with E-state index in [4.69, 9.17) is 4.74 Å². The normalized spacial score (nSPS) is 14.9. The Morgan fingerprint density at radius 3 is 2.22 bits per heavy atom. The van der Waals surface area contributed by atoms with Gasteiger partial charge in [-0.05, 0) is 60.7 Å². The highest BCUT2D eigenvalue weighted by Crippen LogP contribution is 2.24. The molecule has 3 N–H and O–H groups in total. The van der Waals surface area contributed by atoms with Gasteiger partial charge in [0.05, 0.1) is 18.1 Å². The second kappa shape index (κ2) is 16.8. The summed E-state index contributed by atoms with van der Waals surface area (Å²) < 4.78 is 34.1. The van der Waals surface area contributed by atoms with Gasteiger partial charge in [-0.15, -0.1) is 12.4 Å². The number of rotatable bonds is 14. The summed E-state index contributed by atoms with van der Waals surface area (Å²) in [5.41, 5.74) is 3.77. The highest BCUT2D eigenvalue weighted by atomic mass is 35.5. The van der Waals surface area contributed by atoms with Gasteiger partial charge >= 0.3 is 0 Å². The van der Waals surface area contributed by atoms with E-state index in [0.29, 0.717) is 44.1 Å². The van der Waals surface area contributed by atoms with E-state index < -0.39 is 27.9 Å². The summed E-state index contributed by atoms with van der Waals surface area (Å²) >= 11 is 0. The van der Waals surface area contributed by atoms with Crippen LogP contribution in [-0.4, -0.2) is 80.1 Å². The fourth-order valence-electron chi connectivity index (χ4n) is 4.76. The summed E-state index contributed by atoms with van der Waals surface area (Å²) in [6, 6.07) is 12.3. The number of unbranched alkanes of at least 4 members (excludes halogenated alkanes) is 2. The van der Waals surface area contributed by atoms with E-state index in [1.54, 1.807) is 31.5 Å². The van der Waals surface area contributed by atoms with Crippen LogP contribution >= 0.6 is 12.4 Å². The average Bonchev–Trinajstić information content (AvgIpc) is 2.96. The molecule has 2 amide bonds. The minimum Gasteiger partial charge on any atom is -0.379 e. The molecule has 41 heavy (non-hydrogen) atoms. The van der Waals surface area contributed by atoms with Gasteiger partial charge in [-0.2, -0.15) is 4.31 Å². The maximum absolute atomic E-state index is 13.8. The second-order valence-electron chi connectivity index (χ2n) is 10.4. The zero-order valence-corrected chi connectivity index (χ0v) is 25.7. The summed E-state index contributed by atoms with van der Waals surface area (Å²) in [7, 11) is -4.12. The summed E-state index contributed by atoms with van der Waals surface area (Å²) in [4.78, 5) is 27.4. The first-order chi connectivity index (χ1) is 19.2. The number of sulfonamides is 1. The van der Waals surface area contributed by atoms with Gasteiger partial charge in [0.2, 0.25) is 10.0 Å². The number of ether oxygens (including phenoxy) is 1. The summed E-state index contributed by atoms with van der Waals surface area (Å²) in [5.74, 6) is -1.48. The number of nitrogens with zero attached hydrogens (tertiary/aromatic N) is 2. The molecule has 2 aromatic carbocycles. The van der Waals surface area contributed by atoms with Gasteiger partial charge in [0.25, 0.3) is 11.8 Å². The maximum atomic E-state index is 13.8. The van der Waals surface area contributed by atoms with Crippen molar-refractivity contribution in [3.63, 3.8) is 0 Å². The monoisotopic (exact) mass is 610 g/mol. The highest BCUT2D eigenvalue weighted by Gasteiger charge is 2.38. The molecule has 0 spiro atoms. The molecule has 1 aliphatic rings. The van der Waals surface area contributed by atoms with Crippen molar-refractivity contribution in [1.29, 1.82) is 0 Å². The number of hydroxylamine groups is 1. The molecule has 228 valence electrons. The van der Waals surface area contributed by atoms with Gasteiger partial charge in [-0.1, -0.05) is 45.7 Å². The van der Waals surface area contributed by atoms with Crippen molar-refractivity contribution < 1.29 is 28.0 Å². The molecule has 0 saturated carbocycles. The van der Waals surface area contributed by atoms with E-state index in [2.05, 4.69) is 17.1 Å². The predicted molar refractivity (Wildman–Crippen MR) is 161 cm³/mol. The van der Waals surface area contributed by atoms with Gasteiger partial charge in [0, 0.05) is 37.4 Å². The molecular formula is C29H43ClN4O6S. The van der Waals surface area contributed by atoms with Crippen LogP contribution in [0.3, 0.4) is 0 Å². The number of nitrogens with one attached hydrogen (secondary N) is 2. The molecule has 0 unspecified atom stereocenters. The van der Waals surface area contributed by atoms with Crippen molar-refractivity contribution in [2.45, 2.75) is 57.4 Å². The third-order valence-electron chi connectivity index (χ3n) is 7.06. The first-order valence-electron chi connectivity index (χ1n) is 13.9. The van der Waals surface area contributed by atoms with E-state index in [9.17, 15) is 23.2 Å². The summed E-state index contributed by atoms with van der Waals surface area (Å²) in [5, 5.41) is 12.2. The van der Waals surface area contributed by atoms with Crippen LogP contribution in [0.15, 0.2) is 53.4 Å². The molecule has 0 aromatic heterocycles. The molecular weight excluding hydrogens is 568 g/mol. The second-order valence-corrected chi connectivity index (χ2v) is 12.3. The van der Waals surface area contributed by atoms with Gasteiger partial charge < -0.3 is 10.1 Å². The van der Waals surface area contributed by atoms with Crippen LogP contribution in [0.1, 0.15) is 56.0 Å². The number of halogens is 1. The molecule has 1 saturated heterocycles. The first kappa shape index (κ1) is 34.7. The molecule has 0 radical (unpaired) electrons. The molecule has 0 bridgehead atoms. The number of carbonyl (C=O) groups is 2. The number of carbonyl (C=O) groups excluding carboxylic acids is 2. The quantitative estimate of drug-likeness (QED) is 0.168. The van der Waals surface area contributed by atoms with Crippen LogP contribution in [0.2, 0.25) is 0 Å². The van der Waals surface area contributed by atoms with Crippen LogP contribution in [0.5, 0.6) is 0 Å². The molecule has 12 heteroatoms. The lowest BCUT2D eigenvalue weighted by atomic mass is 10.0. The molecule has 1 fully saturated rings. The SMILES string of the molecule is CCCCCc1ccc(C(=O)Nc2ccc(S(=O)(=O)N(CCN3CCOCC3)[C@@H](C(=O)NO)C(C)C)cc2)cc1.Cl. The zero-order chi connectivity index (χ0) is 29.1. The summed E-state index contributed by atoms with van der Waals surface area (Å²) in [6.07, 6.45) is 4.42. The van der Waals surface area contributed by atoms with Crippen molar-refractivity contribution in [2.75, 3.05) is 44.7 Å². The smallest absolute Gasteiger partial charge is 0.262 e. The minimum absolute atomic E-state index is 0. The van der Waals surface area contributed by atoms with Crippen molar-refractivity contribution in [1.82, 2.24) is 14.7 Å². The van der Waals surface area contributed by atoms with E-state index in [-0.39, 0.29) is 29.8 Å². The standard InChI is InChI=1S/C29H42N4O6S.ClH/c1-4-5-6-7-23-8-10-24(11-9-23)28(34)30-25-12-14-26(15-13-25)40(37,38)33(27(22(2)3)29(35)31-36)17-16-32-18-20-39-21-19-32;/h8-15,22,27,36H,4-7,16-21H2,1-3H3,(H,30,34)(H,31,35);1H/t27-;/m1./s1. The molecule has 1 atom stereocenters. The lowest BCUT2D eigenvalue weighted by Gasteiger charge is -2.34. The minimum atomic E-state index is -4.12. The topological polar surface area (TPSA) is 128 Å². The van der Waals surface area contributed by atoms with Crippen LogP contribution in [-0.2, 0) is 26.0 Å². The van der Waals surface area contributed by atoms with Gasteiger partial charge in [0.1, 0.15) is 6.04 Å². The van der Waals surface area contributed by atoms with Crippen molar-refractivity contribution in [3.8, 4) is 0 Å². The number of amides is 2. The van der Waals surface area contributed by atoms with Crippen molar-refractivity contribution >= 4 is 39.9 Å². The Morgan fingerprint density at radius 1 is 1.02 bits per heavy atom. The lowest BCUT2D eigenvalue weighted by molar-refractivity contribution is -0.134. The molecule has 2 aromatic rings. The number of benzene rings is 2. The number of morpholine rings is 1. The Morgan fingerprint density at radius 2 is 1.66 bits per heavy atom. The molecule has 1 aliphatic heterocycles. The maximum Gasteiger partial charge on any atom is 0.262 e. The zero-order valence-electron chi connectivity index (χ0n) is 24.0. The number of anilines is 1. The van der Waals surface area contributed by atoms with Crippen LogP contribution < -0.4 is 10.8 Å². The van der Waals surface area contributed by atoms with Crippen molar-refractivity contribution in [2.24, 2.45) is 5.92 Å². The van der Waals surface area contributed by atoms with Gasteiger partial charge in [-0.25, -0.2) is 13.9 Å². The van der Waals surface area contributed by atoms with Crippen LogP contribution in [0.4, 0.5) is 5.69 Å². The predicted octanol–water partition coefficient (Wildman–Crippen LogP) is 3.95. The largest absolute Gasteiger partial charge is 0.379 e. The summed E-state index contributed by atoms with van der Waals surface area (Å²) in [6.45, 7) is 8.56. The van der Waals surface area contributed by atoms with Gasteiger partial charge in [-0.3, -0.25) is 19.7 Å². The molecule has 1 heterocycles. The van der Waals surface area contributed by atoms with Crippen LogP contribution in [0.25, 0.3) is 0 Å². The van der Waals surface area contributed by atoms with E-state index >= 15 is 0 Å². The highest BCUT2D eigenvalue weighted by molar-refractivity contribution is 7.89. The molecule has 0 aliphatic carbocycles.